The van der Waals surface area contributed by atoms with Crippen LogP contribution in [0, 0.1) is 11.8 Å². The van der Waals surface area contributed by atoms with Gasteiger partial charge in [-0.15, -0.1) is 0 Å². The number of fused-ring (bicyclic) bond motifs is 4. The highest BCUT2D eigenvalue weighted by Crippen LogP contribution is 2.55. The molecule has 0 unspecified atom stereocenters. The Kier molecular flexibility index (Phi) is 5.02. The minimum absolute atomic E-state index is 0.0643. The summed E-state index contributed by atoms with van der Waals surface area (Å²) in [5.41, 5.74) is 1.10. The van der Waals surface area contributed by atoms with Gasteiger partial charge >= 0.3 is 5.97 Å². The fourth-order valence-electron chi connectivity index (χ4n) is 5.73. The Hall–Kier alpha value is -2.54. The number of rotatable bonds is 4. The lowest BCUT2D eigenvalue weighted by Crippen LogP contribution is -2.53. The van der Waals surface area contributed by atoms with Gasteiger partial charge in [0, 0.05) is 23.8 Å². The van der Waals surface area contributed by atoms with Crippen molar-refractivity contribution in [2.75, 3.05) is 32.6 Å². The molecule has 0 aliphatic carbocycles. The summed E-state index contributed by atoms with van der Waals surface area (Å²) in [4.78, 5) is 28.1. The van der Waals surface area contributed by atoms with Crippen molar-refractivity contribution in [1.82, 2.24) is 4.90 Å². The van der Waals surface area contributed by atoms with Crippen LogP contribution in [0.5, 0.6) is 5.75 Å². The minimum atomic E-state index is -0.800. The quantitative estimate of drug-likeness (QED) is 0.458. The van der Waals surface area contributed by atoms with Gasteiger partial charge in [0.15, 0.2) is 0 Å². The fraction of sp³-hybridized carbons (Fsp3) is 0.545. The molecule has 0 aromatic heterocycles. The van der Waals surface area contributed by atoms with Crippen LogP contribution in [0.25, 0.3) is 0 Å². The minimum Gasteiger partial charge on any atom is -0.508 e. The molecule has 29 heavy (non-hydrogen) atoms. The Labute approximate surface area is 170 Å². The van der Waals surface area contributed by atoms with E-state index in [0.717, 1.165) is 19.5 Å². The zero-order valence-corrected chi connectivity index (χ0v) is 17.1. The molecule has 1 spiro atoms. The van der Waals surface area contributed by atoms with E-state index in [9.17, 15) is 14.7 Å². The zero-order valence-electron chi connectivity index (χ0n) is 17.1. The lowest BCUT2D eigenvalue weighted by Gasteiger charge is -2.45. The van der Waals surface area contributed by atoms with Gasteiger partial charge in [0.25, 0.3) is 0 Å². The summed E-state index contributed by atoms with van der Waals surface area (Å²) in [5, 5.41) is 13.6. The summed E-state index contributed by atoms with van der Waals surface area (Å²) in [5.74, 6) is -0.125. The van der Waals surface area contributed by atoms with Gasteiger partial charge < -0.3 is 19.9 Å². The van der Waals surface area contributed by atoms with Gasteiger partial charge in [-0.1, -0.05) is 19.4 Å². The summed E-state index contributed by atoms with van der Waals surface area (Å²) >= 11 is 0. The second-order valence-electron chi connectivity index (χ2n) is 8.20. The van der Waals surface area contributed by atoms with Crippen LogP contribution < -0.4 is 5.32 Å². The summed E-state index contributed by atoms with van der Waals surface area (Å²) < 4.78 is 10.2. The highest BCUT2D eigenvalue weighted by molar-refractivity contribution is 6.08. The highest BCUT2D eigenvalue weighted by Gasteiger charge is 2.61. The molecule has 4 atom stereocenters. The molecule has 0 radical (unpaired) electrons. The van der Waals surface area contributed by atoms with Crippen molar-refractivity contribution in [3.05, 3.63) is 35.6 Å². The summed E-state index contributed by atoms with van der Waals surface area (Å²) in [6, 6.07) is 5.12. The number of benzene rings is 1. The zero-order chi connectivity index (χ0) is 20.8. The van der Waals surface area contributed by atoms with Crippen molar-refractivity contribution in [2.45, 2.75) is 37.6 Å². The van der Waals surface area contributed by atoms with E-state index in [0.29, 0.717) is 29.7 Å². The van der Waals surface area contributed by atoms with E-state index in [1.54, 1.807) is 12.1 Å². The molecule has 3 aliphatic heterocycles. The van der Waals surface area contributed by atoms with Crippen LogP contribution in [-0.2, 0) is 24.5 Å². The molecule has 2 fully saturated rings. The van der Waals surface area contributed by atoms with Crippen LogP contribution in [0.3, 0.4) is 0 Å². The van der Waals surface area contributed by atoms with Crippen molar-refractivity contribution >= 4 is 17.6 Å². The SMILES string of the molecule is CC[C@H]1CN2CC[C@@]3(C(=O)Nc4cccc(O)c43)[C@@H]2C[C@@H]1/C(=C\OC)C(=O)OC. The van der Waals surface area contributed by atoms with Crippen LogP contribution in [0.15, 0.2) is 30.0 Å². The molecule has 0 bridgehead atoms. The predicted octanol–water partition coefficient (Wildman–Crippen LogP) is 2.41. The molecule has 7 heteroatoms. The van der Waals surface area contributed by atoms with Crippen LogP contribution in [0.4, 0.5) is 5.69 Å². The number of ether oxygens (including phenoxy) is 2. The smallest absolute Gasteiger partial charge is 0.337 e. The van der Waals surface area contributed by atoms with Gasteiger partial charge in [0.05, 0.1) is 31.5 Å². The molecule has 1 aromatic carbocycles. The molecule has 1 aromatic rings. The van der Waals surface area contributed by atoms with Crippen LogP contribution in [0.1, 0.15) is 31.7 Å². The molecule has 7 nitrogen and oxygen atoms in total. The summed E-state index contributed by atoms with van der Waals surface area (Å²) in [6.45, 7) is 3.70. The first-order valence-corrected chi connectivity index (χ1v) is 10.2. The number of carbonyl (C=O) groups excluding carboxylic acids is 2. The molecule has 2 N–H and O–H groups in total. The van der Waals surface area contributed by atoms with Gasteiger partial charge in [-0.25, -0.2) is 4.79 Å². The van der Waals surface area contributed by atoms with Crippen molar-refractivity contribution in [3.63, 3.8) is 0 Å². The Morgan fingerprint density at radius 1 is 1.41 bits per heavy atom. The number of esters is 1. The first-order valence-electron chi connectivity index (χ1n) is 10.2. The second kappa shape index (κ2) is 7.37. The van der Waals surface area contributed by atoms with Crippen LogP contribution in [-0.4, -0.2) is 55.2 Å². The van der Waals surface area contributed by atoms with Crippen molar-refractivity contribution in [1.29, 1.82) is 0 Å². The molecule has 3 aliphatic rings. The number of methoxy groups -OCH3 is 2. The average molecular weight is 400 g/mol. The topological polar surface area (TPSA) is 88.1 Å². The molecular weight excluding hydrogens is 372 g/mol. The molecule has 0 saturated carbocycles. The number of nitrogens with zero attached hydrogens (tertiary/aromatic N) is 1. The Morgan fingerprint density at radius 2 is 2.21 bits per heavy atom. The largest absolute Gasteiger partial charge is 0.508 e. The predicted molar refractivity (Wildman–Crippen MR) is 107 cm³/mol. The average Bonchev–Trinajstić information content (AvgIpc) is 3.24. The highest BCUT2D eigenvalue weighted by atomic mass is 16.5. The normalized spacial score (nSPS) is 31.3. The molecule has 1 amide bonds. The van der Waals surface area contributed by atoms with Crippen molar-refractivity contribution in [3.8, 4) is 5.75 Å². The lowest BCUT2D eigenvalue weighted by molar-refractivity contribution is -0.137. The van der Waals surface area contributed by atoms with Crippen molar-refractivity contribution < 1.29 is 24.2 Å². The first-order chi connectivity index (χ1) is 14.0. The Morgan fingerprint density at radius 3 is 2.90 bits per heavy atom. The van der Waals surface area contributed by atoms with Gasteiger partial charge in [-0.2, -0.15) is 0 Å². The maximum atomic E-state index is 13.2. The number of hydrogen-bond acceptors (Lipinski definition) is 6. The number of anilines is 1. The van der Waals surface area contributed by atoms with Gasteiger partial charge in [-0.05, 0) is 43.4 Å². The monoisotopic (exact) mass is 400 g/mol. The van der Waals surface area contributed by atoms with Crippen LogP contribution >= 0.6 is 0 Å². The summed E-state index contributed by atoms with van der Waals surface area (Å²) in [7, 11) is 2.90. The van der Waals surface area contributed by atoms with Gasteiger partial charge in [-0.3, -0.25) is 9.69 Å². The summed E-state index contributed by atoms with van der Waals surface area (Å²) in [6.07, 6.45) is 3.67. The Balaban J connectivity index is 1.77. The number of amides is 1. The number of phenolic OH excluding ortho intramolecular Hbond substituents is 1. The van der Waals surface area contributed by atoms with Crippen LogP contribution in [0.2, 0.25) is 0 Å². The van der Waals surface area contributed by atoms with E-state index in [-0.39, 0.29) is 29.5 Å². The maximum absolute atomic E-state index is 13.2. The van der Waals surface area contributed by atoms with Crippen molar-refractivity contribution in [2.24, 2.45) is 11.8 Å². The number of piperidine rings is 1. The van der Waals surface area contributed by atoms with E-state index in [1.807, 2.05) is 6.07 Å². The number of phenols is 1. The number of nitrogens with one attached hydrogen (secondary N) is 1. The standard InChI is InChI=1S/C22H28N2O5/c1-4-13-11-24-9-8-22(19-16(23-21(22)27)6-5-7-17(19)25)18(24)10-14(13)15(12-28-2)20(26)29-3/h5-7,12-14,18,25H,4,8-11H2,1-3H3,(H,23,27)/b15-12+/t13-,14-,18-,22+/m0/s1. The van der Waals surface area contributed by atoms with E-state index < -0.39 is 11.4 Å². The lowest BCUT2D eigenvalue weighted by atomic mass is 9.67. The maximum Gasteiger partial charge on any atom is 0.337 e. The molecule has 3 heterocycles. The molecule has 2 saturated heterocycles. The Bertz CT molecular complexity index is 867. The molecule has 156 valence electrons. The van der Waals surface area contributed by atoms with E-state index in [1.165, 1.54) is 20.5 Å². The first kappa shape index (κ1) is 19.8. The number of carbonyl (C=O) groups is 2. The number of aromatic hydroxyl groups is 1. The third-order valence-corrected chi connectivity index (χ3v) is 7.05. The van der Waals surface area contributed by atoms with E-state index in [4.69, 9.17) is 9.47 Å². The third-order valence-electron chi connectivity index (χ3n) is 7.05. The van der Waals surface area contributed by atoms with E-state index >= 15 is 0 Å². The van der Waals surface area contributed by atoms with Gasteiger partial charge in [0.2, 0.25) is 5.91 Å². The van der Waals surface area contributed by atoms with Gasteiger partial charge in [0.1, 0.15) is 5.75 Å². The molecular formula is C22H28N2O5. The number of hydrogen-bond donors (Lipinski definition) is 2. The third kappa shape index (κ3) is 2.82. The van der Waals surface area contributed by atoms with E-state index in [2.05, 4.69) is 17.1 Å². The second-order valence-corrected chi connectivity index (χ2v) is 8.20. The molecule has 4 rings (SSSR count). The fourth-order valence-corrected chi connectivity index (χ4v) is 5.73.